The van der Waals surface area contributed by atoms with Crippen LogP contribution >= 0.6 is 0 Å². The van der Waals surface area contributed by atoms with Crippen LogP contribution in [-0.2, 0) is 16.0 Å². The van der Waals surface area contributed by atoms with Gasteiger partial charge in [-0.3, -0.25) is 10.2 Å². The molecule has 0 aliphatic carbocycles. The maximum Gasteiger partial charge on any atom is 0.222 e. The number of hydrogen-bond donors (Lipinski definition) is 1. The molecule has 8 nitrogen and oxygen atoms in total. The predicted molar refractivity (Wildman–Crippen MR) is 128 cm³/mol. The number of carbonyl (C=O) groups excluding carboxylic acids is 1. The second kappa shape index (κ2) is 12.1. The summed E-state index contributed by atoms with van der Waals surface area (Å²) in [6, 6.07) is 10.1. The lowest BCUT2D eigenvalue weighted by atomic mass is 10.2. The zero-order chi connectivity index (χ0) is 22.8. The molecular weight excluding hydrogens is 404 g/mol. The van der Waals surface area contributed by atoms with Crippen molar-refractivity contribution < 1.29 is 9.53 Å². The highest BCUT2D eigenvalue weighted by atomic mass is 16.5. The van der Waals surface area contributed by atoms with Crippen LogP contribution in [0.3, 0.4) is 0 Å². The van der Waals surface area contributed by atoms with E-state index in [2.05, 4.69) is 39.5 Å². The summed E-state index contributed by atoms with van der Waals surface area (Å²) in [5.74, 6) is 2.41. The van der Waals surface area contributed by atoms with E-state index in [0.29, 0.717) is 38.3 Å². The van der Waals surface area contributed by atoms with E-state index in [1.807, 2.05) is 36.9 Å². The Morgan fingerprint density at radius 2 is 2.00 bits per heavy atom. The van der Waals surface area contributed by atoms with Crippen LogP contribution in [0.2, 0.25) is 0 Å². The van der Waals surface area contributed by atoms with Gasteiger partial charge in [0.25, 0.3) is 0 Å². The van der Waals surface area contributed by atoms with E-state index in [9.17, 15) is 4.79 Å². The number of amides is 1. The molecule has 0 spiro atoms. The lowest BCUT2D eigenvalue weighted by molar-refractivity contribution is -0.130. The summed E-state index contributed by atoms with van der Waals surface area (Å²) in [5, 5.41) is 4.36. The van der Waals surface area contributed by atoms with Crippen molar-refractivity contribution in [2.75, 3.05) is 49.7 Å². The number of morpholine rings is 1. The Labute approximate surface area is 190 Å². The number of anilines is 2. The average molecular weight is 439 g/mol. The topological polar surface area (TPSA) is 83.0 Å². The first-order chi connectivity index (χ1) is 15.6. The van der Waals surface area contributed by atoms with Gasteiger partial charge in [-0.05, 0) is 32.8 Å². The number of rotatable bonds is 10. The van der Waals surface area contributed by atoms with Crippen molar-refractivity contribution in [3.63, 3.8) is 0 Å². The summed E-state index contributed by atoms with van der Waals surface area (Å²) in [6.45, 7) is 10.5. The smallest absolute Gasteiger partial charge is 0.222 e. The van der Waals surface area contributed by atoms with Crippen molar-refractivity contribution in [2.24, 2.45) is 5.10 Å². The highest BCUT2D eigenvalue weighted by molar-refractivity contribution is 5.80. The lowest BCUT2D eigenvalue weighted by Gasteiger charge is -2.28. The van der Waals surface area contributed by atoms with Gasteiger partial charge in [-0.2, -0.15) is 5.10 Å². The molecule has 2 aromatic rings. The monoisotopic (exact) mass is 438 g/mol. The molecule has 0 radical (unpaired) electrons. The zero-order valence-corrected chi connectivity index (χ0v) is 19.4. The fourth-order valence-corrected chi connectivity index (χ4v) is 3.66. The number of hydrogen-bond acceptors (Lipinski definition) is 7. The molecule has 1 fully saturated rings. The summed E-state index contributed by atoms with van der Waals surface area (Å²) in [5.41, 5.74) is 5.26. The van der Waals surface area contributed by atoms with Crippen LogP contribution in [-0.4, -0.2) is 66.4 Å². The molecule has 1 aliphatic rings. The van der Waals surface area contributed by atoms with Crippen LogP contribution in [0, 0.1) is 6.92 Å². The molecule has 1 N–H and O–H groups in total. The molecule has 1 aromatic heterocycles. The number of nitrogens with zero attached hydrogens (tertiary/aromatic N) is 5. The van der Waals surface area contributed by atoms with Crippen molar-refractivity contribution in [3.8, 4) is 0 Å². The third-order valence-corrected chi connectivity index (χ3v) is 5.44. The van der Waals surface area contributed by atoms with Crippen molar-refractivity contribution >= 4 is 23.8 Å². The third-order valence-electron chi connectivity index (χ3n) is 5.44. The quantitative estimate of drug-likeness (QED) is 0.453. The Hall–Kier alpha value is -3.00. The van der Waals surface area contributed by atoms with Crippen LogP contribution < -0.4 is 10.3 Å². The van der Waals surface area contributed by atoms with Gasteiger partial charge in [0, 0.05) is 45.1 Å². The van der Waals surface area contributed by atoms with E-state index in [0.717, 1.165) is 43.4 Å². The fraction of sp³-hybridized carbons (Fsp3) is 0.500. The van der Waals surface area contributed by atoms with Crippen molar-refractivity contribution in [1.29, 1.82) is 0 Å². The van der Waals surface area contributed by atoms with Crippen molar-refractivity contribution in [3.05, 3.63) is 47.3 Å². The SMILES string of the molecule is CCN(CC)C(=O)CCCc1nc(N/N=C/c2cccc(C)c2)cc(N2CCOCC2)n1. The molecule has 0 atom stereocenters. The van der Waals surface area contributed by atoms with Crippen molar-refractivity contribution in [1.82, 2.24) is 14.9 Å². The third kappa shape index (κ3) is 7.02. The van der Waals surface area contributed by atoms with Gasteiger partial charge in [0.1, 0.15) is 11.6 Å². The second-order valence-electron chi connectivity index (χ2n) is 7.83. The van der Waals surface area contributed by atoms with E-state index in [1.165, 1.54) is 5.56 Å². The Morgan fingerprint density at radius 3 is 2.72 bits per heavy atom. The summed E-state index contributed by atoms with van der Waals surface area (Å²) < 4.78 is 5.47. The maximum absolute atomic E-state index is 12.3. The number of carbonyl (C=O) groups is 1. The molecule has 2 heterocycles. The van der Waals surface area contributed by atoms with E-state index in [1.54, 1.807) is 6.21 Å². The average Bonchev–Trinajstić information content (AvgIpc) is 2.80. The minimum Gasteiger partial charge on any atom is -0.378 e. The zero-order valence-electron chi connectivity index (χ0n) is 19.4. The van der Waals surface area contributed by atoms with Gasteiger partial charge >= 0.3 is 0 Å². The molecule has 32 heavy (non-hydrogen) atoms. The summed E-state index contributed by atoms with van der Waals surface area (Å²) in [7, 11) is 0. The Bertz CT molecular complexity index is 907. The highest BCUT2D eigenvalue weighted by Gasteiger charge is 2.16. The largest absolute Gasteiger partial charge is 0.378 e. The van der Waals surface area contributed by atoms with Crippen molar-refractivity contribution in [2.45, 2.75) is 40.0 Å². The van der Waals surface area contributed by atoms with Gasteiger partial charge in [-0.25, -0.2) is 9.97 Å². The minimum atomic E-state index is 0.181. The van der Waals surface area contributed by atoms with Crippen LogP contribution in [0.25, 0.3) is 0 Å². The molecule has 1 aromatic carbocycles. The number of hydrazone groups is 1. The Morgan fingerprint density at radius 1 is 1.22 bits per heavy atom. The van der Waals surface area contributed by atoms with Gasteiger partial charge in [-0.15, -0.1) is 0 Å². The summed E-state index contributed by atoms with van der Waals surface area (Å²) in [6.07, 6.45) is 3.64. The van der Waals surface area contributed by atoms with Gasteiger partial charge in [0.05, 0.1) is 19.4 Å². The van der Waals surface area contributed by atoms with E-state index < -0.39 is 0 Å². The normalized spacial score (nSPS) is 14.0. The first kappa shape index (κ1) is 23.7. The number of ether oxygens (including phenoxy) is 1. The van der Waals surface area contributed by atoms with Gasteiger partial charge in [-0.1, -0.05) is 29.8 Å². The van der Waals surface area contributed by atoms with Gasteiger partial charge in [0.15, 0.2) is 5.82 Å². The van der Waals surface area contributed by atoms with Crippen LogP contribution in [0.15, 0.2) is 35.4 Å². The molecule has 8 heteroatoms. The number of nitrogens with one attached hydrogen (secondary N) is 1. The number of aryl methyl sites for hydroxylation is 2. The second-order valence-corrected chi connectivity index (χ2v) is 7.83. The van der Waals surface area contributed by atoms with Crippen LogP contribution in [0.1, 0.15) is 43.6 Å². The van der Waals surface area contributed by atoms with E-state index in [4.69, 9.17) is 9.72 Å². The highest BCUT2D eigenvalue weighted by Crippen LogP contribution is 2.18. The molecule has 3 rings (SSSR count). The molecule has 0 bridgehead atoms. The molecule has 0 saturated carbocycles. The molecular formula is C24H34N6O2. The summed E-state index contributed by atoms with van der Waals surface area (Å²) in [4.78, 5) is 25.8. The molecule has 172 valence electrons. The minimum absolute atomic E-state index is 0.181. The number of benzene rings is 1. The summed E-state index contributed by atoms with van der Waals surface area (Å²) >= 11 is 0. The first-order valence-electron chi connectivity index (χ1n) is 11.4. The van der Waals surface area contributed by atoms with Crippen LogP contribution in [0.4, 0.5) is 11.6 Å². The molecule has 1 aliphatic heterocycles. The lowest BCUT2D eigenvalue weighted by Crippen LogP contribution is -2.37. The van der Waals surface area contributed by atoms with Crippen LogP contribution in [0.5, 0.6) is 0 Å². The molecule has 0 unspecified atom stereocenters. The van der Waals surface area contributed by atoms with E-state index in [-0.39, 0.29) is 5.91 Å². The fourth-order valence-electron chi connectivity index (χ4n) is 3.66. The predicted octanol–water partition coefficient (Wildman–Crippen LogP) is 3.26. The first-order valence-corrected chi connectivity index (χ1v) is 11.4. The Kier molecular flexibility index (Phi) is 8.98. The Balaban J connectivity index is 1.70. The van der Waals surface area contributed by atoms with E-state index >= 15 is 0 Å². The van der Waals surface area contributed by atoms with Gasteiger partial charge in [0.2, 0.25) is 5.91 Å². The standard InChI is InChI=1S/C24H34N6O2/c1-4-29(5-2)24(31)11-7-10-21-26-22(17-23(27-21)30-12-14-32-15-13-30)28-25-18-20-9-6-8-19(3)16-20/h6,8-9,16-18H,4-5,7,10-15H2,1-3H3,(H,26,27,28)/b25-18+. The maximum atomic E-state index is 12.3. The van der Waals surface area contributed by atoms with Gasteiger partial charge < -0.3 is 14.5 Å². The molecule has 1 amide bonds. The molecule has 1 saturated heterocycles. The number of aromatic nitrogens is 2.